The van der Waals surface area contributed by atoms with Crippen LogP contribution in [0.15, 0.2) is 65.0 Å². The lowest BCUT2D eigenvalue weighted by molar-refractivity contribution is -0.114. The van der Waals surface area contributed by atoms with E-state index >= 15 is 0 Å². The molecule has 1 saturated heterocycles. The summed E-state index contributed by atoms with van der Waals surface area (Å²) in [6.07, 6.45) is 3.85. The van der Waals surface area contributed by atoms with Gasteiger partial charge in [0.2, 0.25) is 0 Å². The van der Waals surface area contributed by atoms with Crippen LogP contribution in [0.1, 0.15) is 18.5 Å². The Kier molecular flexibility index (Phi) is 3.26. The number of nitrogens with one attached hydrogen (secondary N) is 1. The Morgan fingerprint density at radius 3 is 2.61 bits per heavy atom. The highest BCUT2D eigenvalue weighted by Gasteiger charge is 2.36. The molecule has 4 rings (SSSR count). The molecule has 0 saturated carbocycles. The van der Waals surface area contributed by atoms with Crippen molar-refractivity contribution in [3.8, 4) is 0 Å². The molecule has 3 heterocycles. The quantitative estimate of drug-likeness (QED) is 0.867. The zero-order chi connectivity index (χ0) is 15.8. The molecule has 0 radical (unpaired) electrons. The van der Waals surface area contributed by atoms with Crippen molar-refractivity contribution in [2.45, 2.75) is 12.8 Å². The molecular formula is C18H18N4O. The number of benzene rings is 1. The molecule has 5 nitrogen and oxygen atoms in total. The van der Waals surface area contributed by atoms with E-state index in [-0.39, 0.29) is 5.91 Å². The van der Waals surface area contributed by atoms with Crippen LogP contribution in [0, 0.1) is 0 Å². The molecule has 2 aromatic rings. The maximum Gasteiger partial charge on any atom is 0.282 e. The third-order valence-electron chi connectivity index (χ3n) is 4.35. The number of amides is 1. The van der Waals surface area contributed by atoms with E-state index in [1.54, 1.807) is 0 Å². The molecule has 1 N–H and O–H groups in total. The average Bonchev–Trinajstić information content (AvgIpc) is 3.28. The number of aromatic nitrogens is 1. The van der Waals surface area contributed by atoms with E-state index in [1.807, 2.05) is 55.7 Å². The first-order valence-electron chi connectivity index (χ1n) is 7.82. The number of para-hydroxylation sites is 1. The van der Waals surface area contributed by atoms with Gasteiger partial charge in [0.25, 0.3) is 5.91 Å². The fourth-order valence-corrected chi connectivity index (χ4v) is 3.20. The number of carbonyl (C=O) groups is 1. The summed E-state index contributed by atoms with van der Waals surface area (Å²) in [5.74, 6) is -0.0513. The van der Waals surface area contributed by atoms with Gasteiger partial charge < -0.3 is 9.88 Å². The fourth-order valence-electron chi connectivity index (χ4n) is 3.20. The molecular weight excluding hydrogens is 288 g/mol. The molecule has 116 valence electrons. The first kappa shape index (κ1) is 13.8. The van der Waals surface area contributed by atoms with E-state index in [0.717, 1.165) is 47.7 Å². The summed E-state index contributed by atoms with van der Waals surface area (Å²) in [5.41, 5.74) is 4.20. The Hall–Kier alpha value is -2.82. The normalized spacial score (nSPS) is 21.3. The van der Waals surface area contributed by atoms with Crippen LogP contribution >= 0.6 is 0 Å². The van der Waals surface area contributed by atoms with Crippen LogP contribution in [-0.2, 0) is 4.79 Å². The maximum atomic E-state index is 13.1. The molecule has 1 aromatic heterocycles. The van der Waals surface area contributed by atoms with Crippen molar-refractivity contribution < 1.29 is 4.79 Å². The number of rotatable bonds is 2. The first-order valence-corrected chi connectivity index (χ1v) is 7.82. The molecule has 23 heavy (non-hydrogen) atoms. The number of anilines is 1. The van der Waals surface area contributed by atoms with Crippen LogP contribution in [0.3, 0.4) is 0 Å². The average molecular weight is 306 g/mol. The van der Waals surface area contributed by atoms with E-state index < -0.39 is 0 Å². The maximum absolute atomic E-state index is 13.1. The fraction of sp³-hybridized carbons (Fsp3) is 0.222. The van der Waals surface area contributed by atoms with Crippen molar-refractivity contribution in [1.82, 2.24) is 9.88 Å². The zero-order valence-corrected chi connectivity index (χ0v) is 13.0. The Morgan fingerprint density at radius 1 is 1.13 bits per heavy atom. The van der Waals surface area contributed by atoms with Gasteiger partial charge in [-0.05, 0) is 37.1 Å². The largest absolute Gasteiger partial charge is 0.377 e. The molecule has 1 amide bonds. The van der Waals surface area contributed by atoms with Gasteiger partial charge in [-0.1, -0.05) is 18.2 Å². The third-order valence-corrected chi connectivity index (χ3v) is 4.35. The van der Waals surface area contributed by atoms with Crippen molar-refractivity contribution in [3.63, 3.8) is 0 Å². The molecule has 0 bridgehead atoms. The topological polar surface area (TPSA) is 51.7 Å². The number of allylic oxidation sites excluding steroid dienone is 1. The van der Waals surface area contributed by atoms with Gasteiger partial charge in [0.15, 0.2) is 0 Å². The molecule has 2 aliphatic heterocycles. The Balaban J connectivity index is 1.86. The van der Waals surface area contributed by atoms with E-state index in [1.165, 1.54) is 5.01 Å². The predicted octanol–water partition coefficient (Wildman–Crippen LogP) is 2.75. The van der Waals surface area contributed by atoms with Gasteiger partial charge >= 0.3 is 0 Å². The van der Waals surface area contributed by atoms with E-state index in [9.17, 15) is 4.79 Å². The molecule has 1 fully saturated rings. The number of carbonyl (C=O) groups excluding carboxylic acids is 1. The van der Waals surface area contributed by atoms with Crippen LogP contribution < -0.4 is 5.01 Å². The van der Waals surface area contributed by atoms with Crippen molar-refractivity contribution in [2.75, 3.05) is 18.6 Å². The number of likely N-dealkylation sites (tertiary alicyclic amines) is 1. The minimum Gasteiger partial charge on any atom is -0.377 e. The number of hydrazone groups is 1. The molecule has 5 heteroatoms. The second-order valence-corrected chi connectivity index (χ2v) is 5.83. The first-order chi connectivity index (χ1) is 11.3. The van der Waals surface area contributed by atoms with E-state index in [2.05, 4.69) is 15.0 Å². The molecule has 2 aliphatic rings. The van der Waals surface area contributed by atoms with Crippen molar-refractivity contribution in [3.05, 3.63) is 65.6 Å². The Labute approximate surface area is 134 Å². The number of hydrogen-bond acceptors (Lipinski definition) is 3. The number of aromatic amines is 1. The Morgan fingerprint density at radius 2 is 1.96 bits per heavy atom. The van der Waals surface area contributed by atoms with Gasteiger partial charge in [0, 0.05) is 25.5 Å². The summed E-state index contributed by atoms with van der Waals surface area (Å²) in [7, 11) is 2.04. The highest BCUT2D eigenvalue weighted by atomic mass is 16.2. The van der Waals surface area contributed by atoms with E-state index in [0.29, 0.717) is 0 Å². The minimum atomic E-state index is -0.0513. The summed E-state index contributed by atoms with van der Waals surface area (Å²) < 4.78 is 0. The van der Waals surface area contributed by atoms with Gasteiger partial charge in [0.1, 0.15) is 5.71 Å². The molecule has 0 aliphatic carbocycles. The molecule has 0 unspecified atom stereocenters. The summed E-state index contributed by atoms with van der Waals surface area (Å²) in [6, 6.07) is 13.5. The number of hydrogen-bond donors (Lipinski definition) is 1. The summed E-state index contributed by atoms with van der Waals surface area (Å²) in [4.78, 5) is 18.4. The van der Waals surface area contributed by atoms with Crippen molar-refractivity contribution >= 4 is 17.3 Å². The number of nitrogens with zero attached hydrogens (tertiary/aromatic N) is 3. The van der Waals surface area contributed by atoms with Crippen LogP contribution in [0.4, 0.5) is 5.69 Å². The molecule has 0 spiro atoms. The lowest BCUT2D eigenvalue weighted by Gasteiger charge is -2.16. The van der Waals surface area contributed by atoms with Crippen molar-refractivity contribution in [1.29, 1.82) is 0 Å². The number of H-pyrrole nitrogens is 1. The summed E-state index contributed by atoms with van der Waals surface area (Å²) >= 11 is 0. The monoisotopic (exact) mass is 306 g/mol. The van der Waals surface area contributed by atoms with Crippen molar-refractivity contribution in [2.24, 2.45) is 5.10 Å². The van der Waals surface area contributed by atoms with E-state index in [4.69, 9.17) is 0 Å². The van der Waals surface area contributed by atoms with Crippen LogP contribution in [-0.4, -0.2) is 35.1 Å². The highest BCUT2D eigenvalue weighted by molar-refractivity contribution is 6.35. The Bertz CT molecular complexity index is 790. The van der Waals surface area contributed by atoms with Gasteiger partial charge in [0.05, 0.1) is 17.0 Å². The van der Waals surface area contributed by atoms with Crippen LogP contribution in [0.2, 0.25) is 0 Å². The van der Waals surface area contributed by atoms with Gasteiger partial charge in [-0.3, -0.25) is 4.79 Å². The van der Waals surface area contributed by atoms with Gasteiger partial charge in [-0.25, -0.2) is 0 Å². The third kappa shape index (κ3) is 2.25. The smallest absolute Gasteiger partial charge is 0.282 e. The predicted molar refractivity (Wildman–Crippen MR) is 90.1 cm³/mol. The van der Waals surface area contributed by atoms with Gasteiger partial charge in [-0.15, -0.1) is 0 Å². The minimum absolute atomic E-state index is 0.0513. The lowest BCUT2D eigenvalue weighted by atomic mass is 10.0. The summed E-state index contributed by atoms with van der Waals surface area (Å²) in [6.45, 7) is 0.982. The van der Waals surface area contributed by atoms with Crippen LogP contribution in [0.5, 0.6) is 0 Å². The molecule has 1 aromatic carbocycles. The standard InChI is InChI=1S/C18H18N4O/c1-21-12-6-10-15(21)16-17(14-9-5-11-19-14)20-22(18(16)23)13-7-3-2-4-8-13/h2-5,7-9,11,19H,6,10,12H2,1H3/b16-15-. The second-order valence-electron chi connectivity index (χ2n) is 5.83. The molecule has 0 atom stereocenters. The summed E-state index contributed by atoms with van der Waals surface area (Å²) in [5, 5.41) is 6.13. The lowest BCUT2D eigenvalue weighted by Crippen LogP contribution is -2.25. The van der Waals surface area contributed by atoms with Gasteiger partial charge in [-0.2, -0.15) is 10.1 Å². The van der Waals surface area contributed by atoms with Crippen LogP contribution in [0.25, 0.3) is 0 Å². The zero-order valence-electron chi connectivity index (χ0n) is 13.0. The second kappa shape index (κ2) is 5.43. The SMILES string of the molecule is CN1CCC/C1=C1/C(=O)N(c2ccccc2)N=C1c1ccc[nH]1. The highest BCUT2D eigenvalue weighted by Crippen LogP contribution is 2.32.